The van der Waals surface area contributed by atoms with Gasteiger partial charge in [0, 0.05) is 16.9 Å². The Balaban J connectivity index is 2.27. The lowest BCUT2D eigenvalue weighted by Gasteiger charge is -2.21. The molecule has 2 N–H and O–H groups in total. The minimum atomic E-state index is -3.76. The molecule has 0 aliphatic rings. The Kier molecular flexibility index (Phi) is 7.77. The van der Waals surface area contributed by atoms with E-state index in [0.29, 0.717) is 5.69 Å². The van der Waals surface area contributed by atoms with Gasteiger partial charge in [-0.05, 0) is 47.9 Å². The zero-order valence-electron chi connectivity index (χ0n) is 18.7. The molecule has 164 valence electrons. The molecular weight excluding hydrogens is 416 g/mol. The molecule has 0 aromatic heterocycles. The summed E-state index contributed by atoms with van der Waals surface area (Å²) in [6.07, 6.45) is 1.89. The number of amides is 1. The van der Waals surface area contributed by atoms with Gasteiger partial charge in [0.05, 0.1) is 10.6 Å². The van der Waals surface area contributed by atoms with Gasteiger partial charge in [-0.1, -0.05) is 58.9 Å². The van der Waals surface area contributed by atoms with Crippen LogP contribution in [0.2, 0.25) is 0 Å². The molecular formula is C23H32N2O3S2. The van der Waals surface area contributed by atoms with Gasteiger partial charge in [-0.15, -0.1) is 11.8 Å². The number of benzene rings is 2. The minimum absolute atomic E-state index is 0.0388. The van der Waals surface area contributed by atoms with Gasteiger partial charge in [0.2, 0.25) is 15.9 Å². The van der Waals surface area contributed by atoms with Crippen molar-refractivity contribution in [2.45, 2.75) is 62.8 Å². The molecule has 30 heavy (non-hydrogen) atoms. The molecule has 1 atom stereocenters. The molecule has 7 heteroatoms. The number of hydrogen-bond donors (Lipinski definition) is 2. The molecule has 0 bridgehead atoms. The topological polar surface area (TPSA) is 75.3 Å². The molecule has 2 aromatic rings. The van der Waals surface area contributed by atoms with Gasteiger partial charge in [0.15, 0.2) is 0 Å². The molecule has 5 nitrogen and oxygen atoms in total. The molecule has 1 amide bonds. The Morgan fingerprint density at radius 2 is 1.60 bits per heavy atom. The van der Waals surface area contributed by atoms with E-state index in [0.717, 1.165) is 10.5 Å². The Labute approximate surface area is 185 Å². The summed E-state index contributed by atoms with van der Waals surface area (Å²) in [6, 6.07) is 12.4. The van der Waals surface area contributed by atoms with Gasteiger partial charge >= 0.3 is 0 Å². The van der Waals surface area contributed by atoms with E-state index in [4.69, 9.17) is 0 Å². The van der Waals surface area contributed by atoms with Crippen molar-refractivity contribution in [3.63, 3.8) is 0 Å². The molecule has 0 aliphatic heterocycles. The first-order valence-corrected chi connectivity index (χ1v) is 12.7. The summed E-state index contributed by atoms with van der Waals surface area (Å²) in [4.78, 5) is 13.1. The molecule has 0 radical (unpaired) electrons. The van der Waals surface area contributed by atoms with Crippen molar-refractivity contribution >= 4 is 33.4 Å². The maximum atomic E-state index is 13.0. The third kappa shape index (κ3) is 6.09. The Morgan fingerprint density at radius 1 is 1.00 bits per heavy atom. The molecule has 0 fully saturated rings. The SMILES string of the molecule is CSc1ccc(S(=O)(=O)N[C@H](C)c2ccc(C(C)(C)C)cc2)cc1NC(=O)C(C)C. The fraction of sp³-hybridized carbons (Fsp3) is 0.435. The van der Waals surface area contributed by atoms with Gasteiger partial charge in [0.25, 0.3) is 0 Å². The minimum Gasteiger partial charge on any atom is -0.325 e. The molecule has 0 saturated heterocycles. The first kappa shape index (κ1) is 24.4. The summed E-state index contributed by atoms with van der Waals surface area (Å²) in [5.74, 6) is -0.353. The fourth-order valence-electron chi connectivity index (χ4n) is 2.87. The van der Waals surface area contributed by atoms with Crippen molar-refractivity contribution in [3.8, 4) is 0 Å². The van der Waals surface area contributed by atoms with Crippen LogP contribution in [0.5, 0.6) is 0 Å². The second kappa shape index (κ2) is 9.54. The number of sulfonamides is 1. The van der Waals surface area contributed by atoms with E-state index in [9.17, 15) is 13.2 Å². The normalized spacial score (nSPS) is 13.3. The van der Waals surface area contributed by atoms with Crippen LogP contribution in [-0.4, -0.2) is 20.6 Å². The van der Waals surface area contributed by atoms with Gasteiger partial charge in [0.1, 0.15) is 0 Å². The lowest BCUT2D eigenvalue weighted by Crippen LogP contribution is -2.27. The van der Waals surface area contributed by atoms with Crippen molar-refractivity contribution < 1.29 is 13.2 Å². The van der Waals surface area contributed by atoms with Gasteiger partial charge in [-0.3, -0.25) is 4.79 Å². The Hall–Kier alpha value is -1.83. The predicted octanol–water partition coefficient (Wildman–Crippen LogP) is 5.34. The maximum Gasteiger partial charge on any atom is 0.241 e. The van der Waals surface area contributed by atoms with Crippen LogP contribution in [0.3, 0.4) is 0 Å². The first-order valence-electron chi connectivity index (χ1n) is 9.97. The van der Waals surface area contributed by atoms with E-state index < -0.39 is 16.1 Å². The zero-order valence-corrected chi connectivity index (χ0v) is 20.4. The van der Waals surface area contributed by atoms with E-state index >= 15 is 0 Å². The van der Waals surface area contributed by atoms with Crippen molar-refractivity contribution in [2.75, 3.05) is 11.6 Å². The molecule has 2 aromatic carbocycles. The van der Waals surface area contributed by atoms with Crippen molar-refractivity contribution in [1.29, 1.82) is 0 Å². The molecule has 0 spiro atoms. The highest BCUT2D eigenvalue weighted by Crippen LogP contribution is 2.30. The lowest BCUT2D eigenvalue weighted by molar-refractivity contribution is -0.118. The van der Waals surface area contributed by atoms with Crippen LogP contribution in [0.1, 0.15) is 58.7 Å². The van der Waals surface area contributed by atoms with Crippen LogP contribution in [0.15, 0.2) is 52.3 Å². The van der Waals surface area contributed by atoms with Crippen LogP contribution in [0.25, 0.3) is 0 Å². The summed E-state index contributed by atoms with van der Waals surface area (Å²) < 4.78 is 28.7. The summed E-state index contributed by atoms with van der Waals surface area (Å²) >= 11 is 1.45. The van der Waals surface area contributed by atoms with Crippen molar-refractivity contribution in [2.24, 2.45) is 5.92 Å². The second-order valence-electron chi connectivity index (χ2n) is 8.72. The highest BCUT2D eigenvalue weighted by Gasteiger charge is 2.21. The van der Waals surface area contributed by atoms with Crippen LogP contribution >= 0.6 is 11.8 Å². The van der Waals surface area contributed by atoms with E-state index in [-0.39, 0.29) is 22.1 Å². The highest BCUT2D eigenvalue weighted by molar-refractivity contribution is 7.98. The Morgan fingerprint density at radius 3 is 2.10 bits per heavy atom. The van der Waals surface area contributed by atoms with Crippen LogP contribution in [0.4, 0.5) is 5.69 Å². The predicted molar refractivity (Wildman–Crippen MR) is 126 cm³/mol. The average molecular weight is 449 g/mol. The second-order valence-corrected chi connectivity index (χ2v) is 11.3. The number of anilines is 1. The smallest absolute Gasteiger partial charge is 0.241 e. The number of rotatable bonds is 7. The summed E-state index contributed by atoms with van der Waals surface area (Å²) in [5, 5.41) is 2.83. The van der Waals surface area contributed by atoms with Crippen molar-refractivity contribution in [1.82, 2.24) is 4.72 Å². The maximum absolute atomic E-state index is 13.0. The molecule has 0 aliphatic carbocycles. The largest absolute Gasteiger partial charge is 0.325 e. The molecule has 0 unspecified atom stereocenters. The van der Waals surface area contributed by atoms with E-state index in [1.54, 1.807) is 26.0 Å². The standard InChI is InChI=1S/C23H32N2O3S2/c1-15(2)22(26)24-20-14-19(12-13-21(20)29-7)30(27,28)25-16(3)17-8-10-18(11-9-17)23(4,5)6/h8-16,25H,1-7H3,(H,24,26)/t16-/m1/s1. The summed E-state index contributed by atoms with van der Waals surface area (Å²) in [7, 11) is -3.76. The summed E-state index contributed by atoms with van der Waals surface area (Å²) in [5.41, 5.74) is 2.63. The zero-order chi connectivity index (χ0) is 22.7. The number of carbonyl (C=O) groups is 1. The highest BCUT2D eigenvalue weighted by atomic mass is 32.2. The summed E-state index contributed by atoms with van der Waals surface area (Å²) in [6.45, 7) is 11.8. The number of carbonyl (C=O) groups excluding carboxylic acids is 1. The Bertz CT molecular complexity index is 992. The molecule has 0 heterocycles. The monoisotopic (exact) mass is 448 g/mol. The number of nitrogens with one attached hydrogen (secondary N) is 2. The fourth-order valence-corrected chi connectivity index (χ4v) is 4.66. The third-order valence-electron chi connectivity index (χ3n) is 4.87. The average Bonchev–Trinajstić information content (AvgIpc) is 2.66. The number of thioether (sulfide) groups is 1. The van der Waals surface area contributed by atoms with E-state index in [2.05, 4.69) is 30.8 Å². The van der Waals surface area contributed by atoms with E-state index in [1.165, 1.54) is 23.4 Å². The van der Waals surface area contributed by atoms with Gasteiger partial charge in [-0.2, -0.15) is 0 Å². The third-order valence-corrected chi connectivity index (χ3v) is 7.21. The molecule has 0 saturated carbocycles. The van der Waals surface area contributed by atoms with Crippen LogP contribution in [-0.2, 0) is 20.2 Å². The van der Waals surface area contributed by atoms with E-state index in [1.807, 2.05) is 37.4 Å². The van der Waals surface area contributed by atoms with Crippen LogP contribution in [0, 0.1) is 5.92 Å². The lowest BCUT2D eigenvalue weighted by atomic mass is 9.86. The molecule has 2 rings (SSSR count). The first-order chi connectivity index (χ1) is 13.8. The van der Waals surface area contributed by atoms with Gasteiger partial charge in [-0.25, -0.2) is 13.1 Å². The van der Waals surface area contributed by atoms with Crippen molar-refractivity contribution in [3.05, 3.63) is 53.6 Å². The van der Waals surface area contributed by atoms with Crippen LogP contribution < -0.4 is 10.0 Å². The number of hydrogen-bond acceptors (Lipinski definition) is 4. The van der Waals surface area contributed by atoms with Gasteiger partial charge < -0.3 is 5.32 Å². The quantitative estimate of drug-likeness (QED) is 0.561.